The number of carbonyl (C=O) groups is 1. The van der Waals surface area contributed by atoms with Gasteiger partial charge < -0.3 is 10.6 Å². The van der Waals surface area contributed by atoms with Gasteiger partial charge in [0.2, 0.25) is 5.91 Å². The Bertz CT molecular complexity index is 509. The summed E-state index contributed by atoms with van der Waals surface area (Å²) in [6, 6.07) is 5.74. The van der Waals surface area contributed by atoms with Crippen molar-refractivity contribution in [3.63, 3.8) is 0 Å². The maximum Gasteiger partial charge on any atom is 0.274 e. The summed E-state index contributed by atoms with van der Waals surface area (Å²) in [5.74, 6) is -0.226. The molecule has 1 atom stereocenters. The number of hydrogen-bond acceptors (Lipinski definition) is 4. The quantitative estimate of drug-likeness (QED) is 0.673. The van der Waals surface area contributed by atoms with E-state index in [4.69, 9.17) is 5.73 Å². The van der Waals surface area contributed by atoms with E-state index in [1.807, 2.05) is 20.8 Å². The number of nitrogens with two attached hydrogens (primary N) is 1. The third-order valence-electron chi connectivity index (χ3n) is 3.17. The van der Waals surface area contributed by atoms with Gasteiger partial charge in [0.1, 0.15) is 0 Å². The van der Waals surface area contributed by atoms with E-state index < -0.39 is 11.0 Å². The highest BCUT2D eigenvalue weighted by molar-refractivity contribution is 5.82. The summed E-state index contributed by atoms with van der Waals surface area (Å²) in [4.78, 5) is 24.1. The van der Waals surface area contributed by atoms with E-state index in [2.05, 4.69) is 0 Å². The molecule has 1 rings (SSSR count). The molecule has 1 amide bonds. The second kappa shape index (κ2) is 6.00. The minimum absolute atomic E-state index is 0.0106. The molecule has 2 N–H and O–H groups in total. The monoisotopic (exact) mass is 279 g/mol. The molecule has 0 spiro atoms. The fraction of sp³-hybridized carbons (Fsp3) is 0.500. The van der Waals surface area contributed by atoms with Crippen LogP contribution in [-0.2, 0) is 11.3 Å². The molecule has 0 heterocycles. The summed E-state index contributed by atoms with van der Waals surface area (Å²) in [7, 11) is 1.60. The van der Waals surface area contributed by atoms with E-state index in [9.17, 15) is 14.9 Å². The van der Waals surface area contributed by atoms with Gasteiger partial charge in [-0.25, -0.2) is 0 Å². The minimum atomic E-state index is -0.643. The molecule has 0 radical (unpaired) electrons. The Morgan fingerprint density at radius 1 is 1.40 bits per heavy atom. The average molecular weight is 279 g/mol. The number of nitro benzene ring substituents is 1. The minimum Gasteiger partial charge on any atom is -0.340 e. The molecule has 0 aromatic heterocycles. The molecule has 0 unspecified atom stereocenters. The molecule has 0 saturated carbocycles. The summed E-state index contributed by atoms with van der Waals surface area (Å²) in [6.45, 7) is 5.82. The van der Waals surface area contributed by atoms with Crippen LogP contribution in [0.25, 0.3) is 0 Å². The largest absolute Gasteiger partial charge is 0.340 e. The van der Waals surface area contributed by atoms with Gasteiger partial charge in [-0.1, -0.05) is 39.0 Å². The number of nitrogens with zero attached hydrogens (tertiary/aromatic N) is 2. The molecule has 6 heteroatoms. The topological polar surface area (TPSA) is 89.5 Å². The first-order chi connectivity index (χ1) is 9.14. The van der Waals surface area contributed by atoms with Crippen LogP contribution in [0.4, 0.5) is 5.69 Å². The van der Waals surface area contributed by atoms with Gasteiger partial charge in [0.05, 0.1) is 17.5 Å². The van der Waals surface area contributed by atoms with E-state index in [0.717, 1.165) is 0 Å². The van der Waals surface area contributed by atoms with Gasteiger partial charge in [0.25, 0.3) is 5.69 Å². The highest BCUT2D eigenvalue weighted by Crippen LogP contribution is 2.22. The highest BCUT2D eigenvalue weighted by Gasteiger charge is 2.30. The summed E-state index contributed by atoms with van der Waals surface area (Å²) < 4.78 is 0. The van der Waals surface area contributed by atoms with Crippen LogP contribution in [0.15, 0.2) is 24.3 Å². The lowest BCUT2D eigenvalue weighted by atomic mass is 9.86. The second-order valence-corrected chi connectivity index (χ2v) is 5.92. The summed E-state index contributed by atoms with van der Waals surface area (Å²) in [5, 5.41) is 10.9. The maximum atomic E-state index is 12.2. The Morgan fingerprint density at radius 3 is 2.45 bits per heavy atom. The van der Waals surface area contributed by atoms with E-state index >= 15 is 0 Å². The molecule has 110 valence electrons. The van der Waals surface area contributed by atoms with Gasteiger partial charge in [-0.05, 0) is 5.41 Å². The van der Waals surface area contributed by atoms with Crippen molar-refractivity contribution in [1.82, 2.24) is 4.90 Å². The van der Waals surface area contributed by atoms with Crippen molar-refractivity contribution < 1.29 is 9.72 Å². The van der Waals surface area contributed by atoms with Crippen LogP contribution < -0.4 is 5.73 Å². The molecule has 0 aliphatic heterocycles. The Labute approximate surface area is 118 Å². The summed E-state index contributed by atoms with van der Waals surface area (Å²) in [5.41, 5.74) is 6.07. The number of rotatable bonds is 4. The van der Waals surface area contributed by atoms with Gasteiger partial charge in [0, 0.05) is 18.7 Å². The Morgan fingerprint density at radius 2 is 1.95 bits per heavy atom. The van der Waals surface area contributed by atoms with Gasteiger partial charge in [-0.15, -0.1) is 0 Å². The normalized spacial score (nSPS) is 12.8. The predicted molar refractivity (Wildman–Crippen MR) is 77.0 cm³/mol. The van der Waals surface area contributed by atoms with E-state index in [-0.39, 0.29) is 23.6 Å². The Hall–Kier alpha value is -1.95. The number of benzene rings is 1. The number of likely N-dealkylation sites (N-methyl/N-ethyl adjacent to an activating group) is 1. The van der Waals surface area contributed by atoms with Gasteiger partial charge in [-0.2, -0.15) is 0 Å². The van der Waals surface area contributed by atoms with Crippen molar-refractivity contribution in [2.24, 2.45) is 11.1 Å². The van der Waals surface area contributed by atoms with Crippen molar-refractivity contribution in [2.45, 2.75) is 33.4 Å². The zero-order valence-corrected chi connectivity index (χ0v) is 12.3. The number of amides is 1. The van der Waals surface area contributed by atoms with Crippen LogP contribution in [0.3, 0.4) is 0 Å². The average Bonchev–Trinajstić information content (AvgIpc) is 2.36. The molecule has 20 heavy (non-hydrogen) atoms. The molecule has 0 bridgehead atoms. The first-order valence-corrected chi connectivity index (χ1v) is 6.37. The SMILES string of the molecule is CN(Cc1ccccc1[N+](=O)[O-])C(=O)[C@@H](N)C(C)(C)C. The van der Waals surface area contributed by atoms with Crippen molar-refractivity contribution in [2.75, 3.05) is 7.05 Å². The summed E-state index contributed by atoms with van der Waals surface area (Å²) in [6.07, 6.45) is 0. The molecule has 0 saturated heterocycles. The molecule has 0 aliphatic carbocycles. The molecule has 0 aliphatic rings. The van der Waals surface area contributed by atoms with Crippen LogP contribution in [0.1, 0.15) is 26.3 Å². The fourth-order valence-corrected chi connectivity index (χ4v) is 1.76. The lowest BCUT2D eigenvalue weighted by Gasteiger charge is -2.30. The van der Waals surface area contributed by atoms with Crippen molar-refractivity contribution in [3.8, 4) is 0 Å². The third-order valence-corrected chi connectivity index (χ3v) is 3.17. The molecule has 0 fully saturated rings. The van der Waals surface area contributed by atoms with Crippen molar-refractivity contribution >= 4 is 11.6 Å². The zero-order valence-electron chi connectivity index (χ0n) is 12.3. The lowest BCUT2D eigenvalue weighted by Crippen LogP contribution is -2.48. The third kappa shape index (κ3) is 3.77. The molecule has 1 aromatic rings. The van der Waals surface area contributed by atoms with Gasteiger partial charge in [-0.3, -0.25) is 14.9 Å². The van der Waals surface area contributed by atoms with Crippen LogP contribution in [-0.4, -0.2) is 28.8 Å². The second-order valence-electron chi connectivity index (χ2n) is 5.92. The fourth-order valence-electron chi connectivity index (χ4n) is 1.76. The van der Waals surface area contributed by atoms with E-state index in [1.165, 1.54) is 11.0 Å². The maximum absolute atomic E-state index is 12.2. The predicted octanol–water partition coefficient (Wildman–Crippen LogP) is 1.93. The van der Waals surface area contributed by atoms with Crippen molar-refractivity contribution in [3.05, 3.63) is 39.9 Å². The number of nitro groups is 1. The zero-order chi connectivity index (χ0) is 15.5. The smallest absolute Gasteiger partial charge is 0.274 e. The van der Waals surface area contributed by atoms with Crippen LogP contribution in [0.5, 0.6) is 0 Å². The Balaban J connectivity index is 2.89. The molecular formula is C14H21N3O3. The molecule has 1 aromatic carbocycles. The first kappa shape index (κ1) is 16.1. The van der Waals surface area contributed by atoms with Gasteiger partial charge >= 0.3 is 0 Å². The number of hydrogen-bond donors (Lipinski definition) is 1. The number of para-hydroxylation sites is 1. The number of carbonyl (C=O) groups excluding carboxylic acids is 1. The van der Waals surface area contributed by atoms with Crippen molar-refractivity contribution in [1.29, 1.82) is 0 Å². The first-order valence-electron chi connectivity index (χ1n) is 6.37. The summed E-state index contributed by atoms with van der Waals surface area (Å²) >= 11 is 0. The molecular weight excluding hydrogens is 258 g/mol. The van der Waals surface area contributed by atoms with Crippen LogP contribution in [0, 0.1) is 15.5 Å². The van der Waals surface area contributed by atoms with E-state index in [0.29, 0.717) is 5.56 Å². The highest BCUT2D eigenvalue weighted by atomic mass is 16.6. The van der Waals surface area contributed by atoms with Gasteiger partial charge in [0.15, 0.2) is 0 Å². The van der Waals surface area contributed by atoms with E-state index in [1.54, 1.807) is 25.2 Å². The lowest BCUT2D eigenvalue weighted by molar-refractivity contribution is -0.385. The molecule has 6 nitrogen and oxygen atoms in total. The standard InChI is InChI=1S/C14H21N3O3/c1-14(2,3)12(15)13(18)16(4)9-10-7-5-6-8-11(10)17(19)20/h5-8,12H,9,15H2,1-4H3/t12-/m1/s1. The van der Waals surface area contributed by atoms with Crippen LogP contribution >= 0.6 is 0 Å². The van der Waals surface area contributed by atoms with Crippen LogP contribution in [0.2, 0.25) is 0 Å². The Kier molecular flexibility index (Phi) is 4.83.